The molecule has 1 N–H and O–H groups in total. The van der Waals surface area contributed by atoms with E-state index >= 15 is 0 Å². The topological polar surface area (TPSA) is 38.7 Å². The minimum atomic E-state index is -1.70. The van der Waals surface area contributed by atoms with Crippen LogP contribution in [0.5, 0.6) is 0 Å². The lowest BCUT2D eigenvalue weighted by molar-refractivity contribution is -0.0429. The third-order valence-corrected chi connectivity index (χ3v) is 8.31. The third-order valence-electron chi connectivity index (χ3n) is 3.78. The van der Waals surface area contributed by atoms with Crippen molar-refractivity contribution in [2.24, 2.45) is 5.92 Å². The van der Waals surface area contributed by atoms with Crippen LogP contribution < -0.4 is 0 Å². The molecule has 0 spiro atoms. The van der Waals surface area contributed by atoms with E-state index in [1.165, 1.54) is 0 Å². The van der Waals surface area contributed by atoms with Crippen molar-refractivity contribution in [1.82, 2.24) is 0 Å². The highest BCUT2D eigenvalue weighted by Crippen LogP contribution is 2.38. The van der Waals surface area contributed by atoms with Crippen LogP contribution in [0.3, 0.4) is 0 Å². The Labute approximate surface area is 100 Å². The fourth-order valence-electron chi connectivity index (χ4n) is 1.68. The van der Waals surface area contributed by atoms with E-state index in [4.69, 9.17) is 14.3 Å². The van der Waals surface area contributed by atoms with Crippen molar-refractivity contribution < 1.29 is 14.3 Å². The van der Waals surface area contributed by atoms with Gasteiger partial charge in [-0.15, -0.1) is 0 Å². The molecule has 1 aliphatic rings. The van der Waals surface area contributed by atoms with Crippen LogP contribution >= 0.6 is 0 Å². The Morgan fingerprint density at radius 3 is 2.44 bits per heavy atom. The van der Waals surface area contributed by atoms with E-state index in [2.05, 4.69) is 33.9 Å². The first-order valence-electron chi connectivity index (χ1n) is 6.12. The van der Waals surface area contributed by atoms with Crippen molar-refractivity contribution in [2.75, 3.05) is 19.8 Å². The Morgan fingerprint density at radius 2 is 1.94 bits per heavy atom. The predicted octanol–water partition coefficient (Wildman–Crippen LogP) is 2.41. The van der Waals surface area contributed by atoms with Gasteiger partial charge in [-0.2, -0.15) is 0 Å². The Kier molecular flexibility index (Phi) is 4.57. The van der Waals surface area contributed by atoms with Gasteiger partial charge in [0.2, 0.25) is 0 Å². The number of aliphatic hydroxyl groups excluding tert-OH is 1. The molecule has 0 saturated carbocycles. The van der Waals surface area contributed by atoms with Crippen LogP contribution in [0.25, 0.3) is 0 Å². The second-order valence-electron chi connectivity index (χ2n) is 6.32. The van der Waals surface area contributed by atoms with Crippen molar-refractivity contribution in [2.45, 2.75) is 51.4 Å². The Hall–Kier alpha value is 0.0969. The smallest absolute Gasteiger partial charge is 0.192 e. The molecule has 1 aliphatic heterocycles. The molecule has 0 radical (unpaired) electrons. The van der Waals surface area contributed by atoms with Gasteiger partial charge < -0.3 is 14.3 Å². The second-order valence-corrected chi connectivity index (χ2v) is 11.1. The van der Waals surface area contributed by atoms with Gasteiger partial charge in [-0.3, -0.25) is 0 Å². The zero-order valence-electron chi connectivity index (χ0n) is 11.2. The average Bonchev–Trinajstić information content (AvgIpc) is 2.15. The molecule has 4 heteroatoms. The summed E-state index contributed by atoms with van der Waals surface area (Å²) in [4.78, 5) is 0. The van der Waals surface area contributed by atoms with Gasteiger partial charge in [-0.25, -0.2) is 0 Å². The maximum absolute atomic E-state index is 9.14. The van der Waals surface area contributed by atoms with E-state index < -0.39 is 8.32 Å². The van der Waals surface area contributed by atoms with E-state index in [1.807, 2.05) is 0 Å². The molecule has 1 rings (SSSR count). The SMILES string of the molecule is CC(C)(C)[Si](C)(C)O[C@H]1COC[C@H](CO)C1. The number of hydrogen-bond acceptors (Lipinski definition) is 3. The summed E-state index contributed by atoms with van der Waals surface area (Å²) in [6.07, 6.45) is 1.11. The van der Waals surface area contributed by atoms with Crippen LogP contribution in [-0.2, 0) is 9.16 Å². The summed E-state index contributed by atoms with van der Waals surface area (Å²) in [6.45, 7) is 12.8. The lowest BCUT2D eigenvalue weighted by Gasteiger charge is -2.41. The van der Waals surface area contributed by atoms with Gasteiger partial charge in [0.05, 0.1) is 19.3 Å². The minimum Gasteiger partial charge on any atom is -0.412 e. The monoisotopic (exact) mass is 246 g/mol. The summed E-state index contributed by atoms with van der Waals surface area (Å²) in [5.41, 5.74) is 0. The first-order valence-corrected chi connectivity index (χ1v) is 9.03. The lowest BCUT2D eigenvalue weighted by atomic mass is 10.0. The molecule has 2 atom stereocenters. The molecule has 16 heavy (non-hydrogen) atoms. The fourth-order valence-corrected chi connectivity index (χ4v) is 3.03. The standard InChI is InChI=1S/C12H26O3Si/c1-12(2,3)16(4,5)15-11-6-10(7-13)8-14-9-11/h10-11,13H,6-9H2,1-5H3/t10-,11+/m0/s1. The van der Waals surface area contributed by atoms with Crippen LogP contribution in [0.15, 0.2) is 0 Å². The summed E-state index contributed by atoms with van der Waals surface area (Å²) in [6, 6.07) is 0. The number of rotatable bonds is 3. The largest absolute Gasteiger partial charge is 0.412 e. The summed E-state index contributed by atoms with van der Waals surface area (Å²) in [5, 5.41) is 9.38. The zero-order chi connectivity index (χ0) is 12.4. The van der Waals surface area contributed by atoms with Crippen molar-refractivity contribution in [1.29, 1.82) is 0 Å². The normalized spacial score (nSPS) is 28.1. The van der Waals surface area contributed by atoms with Crippen LogP contribution in [0.1, 0.15) is 27.2 Å². The predicted molar refractivity (Wildman–Crippen MR) is 68.1 cm³/mol. The summed E-state index contributed by atoms with van der Waals surface area (Å²) in [7, 11) is -1.70. The van der Waals surface area contributed by atoms with E-state index in [9.17, 15) is 0 Å². The highest BCUT2D eigenvalue weighted by atomic mass is 28.4. The number of ether oxygens (including phenoxy) is 1. The van der Waals surface area contributed by atoms with Crippen LogP contribution in [0.4, 0.5) is 0 Å². The highest BCUT2D eigenvalue weighted by molar-refractivity contribution is 6.74. The molecule has 0 aromatic carbocycles. The molecular weight excluding hydrogens is 220 g/mol. The molecule has 0 aromatic heterocycles. The molecule has 1 fully saturated rings. The number of hydrogen-bond donors (Lipinski definition) is 1. The quantitative estimate of drug-likeness (QED) is 0.777. The average molecular weight is 246 g/mol. The number of aliphatic hydroxyl groups is 1. The van der Waals surface area contributed by atoms with Gasteiger partial charge in [0.1, 0.15) is 0 Å². The van der Waals surface area contributed by atoms with Gasteiger partial charge in [0.15, 0.2) is 8.32 Å². The first kappa shape index (κ1) is 14.2. The molecule has 1 heterocycles. The highest BCUT2D eigenvalue weighted by Gasteiger charge is 2.40. The first-order chi connectivity index (χ1) is 7.26. The van der Waals surface area contributed by atoms with E-state index in [0.717, 1.165) is 6.42 Å². The van der Waals surface area contributed by atoms with Gasteiger partial charge in [0.25, 0.3) is 0 Å². The zero-order valence-corrected chi connectivity index (χ0v) is 12.2. The van der Waals surface area contributed by atoms with Crippen LogP contribution in [0, 0.1) is 5.92 Å². The van der Waals surface area contributed by atoms with E-state index in [1.54, 1.807) is 0 Å². The Morgan fingerprint density at radius 1 is 1.31 bits per heavy atom. The molecule has 96 valence electrons. The maximum Gasteiger partial charge on any atom is 0.192 e. The van der Waals surface area contributed by atoms with Gasteiger partial charge in [0, 0.05) is 12.5 Å². The molecule has 0 unspecified atom stereocenters. The lowest BCUT2D eigenvalue weighted by Crippen LogP contribution is -2.47. The van der Waals surface area contributed by atoms with E-state index in [-0.39, 0.29) is 23.7 Å². The van der Waals surface area contributed by atoms with Crippen molar-refractivity contribution in [3.8, 4) is 0 Å². The Balaban J connectivity index is 2.53. The van der Waals surface area contributed by atoms with Gasteiger partial charge in [-0.05, 0) is 24.6 Å². The van der Waals surface area contributed by atoms with Crippen LogP contribution in [-0.4, -0.2) is 39.3 Å². The van der Waals surface area contributed by atoms with Crippen molar-refractivity contribution in [3.63, 3.8) is 0 Å². The van der Waals surface area contributed by atoms with Crippen molar-refractivity contribution >= 4 is 8.32 Å². The third kappa shape index (κ3) is 3.55. The van der Waals surface area contributed by atoms with E-state index in [0.29, 0.717) is 13.2 Å². The molecule has 0 aromatic rings. The molecule has 3 nitrogen and oxygen atoms in total. The fraction of sp³-hybridized carbons (Fsp3) is 1.00. The molecule has 0 amide bonds. The van der Waals surface area contributed by atoms with Crippen molar-refractivity contribution in [3.05, 3.63) is 0 Å². The maximum atomic E-state index is 9.14. The molecule has 0 aliphatic carbocycles. The second kappa shape index (κ2) is 5.17. The summed E-state index contributed by atoms with van der Waals surface area (Å²) < 4.78 is 11.8. The minimum absolute atomic E-state index is 0.173. The molecule has 1 saturated heterocycles. The summed E-state index contributed by atoms with van der Waals surface area (Å²) in [5.74, 6) is 0.253. The molecule has 0 bridgehead atoms. The van der Waals surface area contributed by atoms with Gasteiger partial charge in [-0.1, -0.05) is 20.8 Å². The Bertz CT molecular complexity index is 223. The summed E-state index contributed by atoms with van der Waals surface area (Å²) >= 11 is 0. The molecular formula is C12H26O3Si. The van der Waals surface area contributed by atoms with Gasteiger partial charge >= 0.3 is 0 Å². The van der Waals surface area contributed by atoms with Crippen LogP contribution in [0.2, 0.25) is 18.1 Å².